The standard InChI is InChI=1S/C10H21P/c1-8(2)9(3)10(4)11(5,6)7/h8H,5H2,1-4,6-7H3/b10-9+. The predicted octanol–water partition coefficient (Wildman–Crippen LogP) is 3.65. The van der Waals surface area contributed by atoms with Gasteiger partial charge in [-0.3, -0.25) is 0 Å². The van der Waals surface area contributed by atoms with Gasteiger partial charge < -0.3 is 0 Å². The zero-order valence-electron chi connectivity index (χ0n) is 8.73. The lowest BCUT2D eigenvalue weighted by Crippen LogP contribution is -1.93. The van der Waals surface area contributed by atoms with Crippen LogP contribution in [0.3, 0.4) is 0 Å². The SMILES string of the molecule is C=P(C)(C)/C(C)=C(\C)C(C)C. The normalized spacial score (nSPS) is 15.2. The minimum atomic E-state index is -0.987. The third kappa shape index (κ3) is 3.29. The molecule has 0 aromatic carbocycles. The molecule has 0 fully saturated rings. The molecule has 0 heterocycles. The molecule has 0 N–H and O–H groups in total. The first kappa shape index (κ1) is 11.0. The second kappa shape index (κ2) is 3.63. The van der Waals surface area contributed by atoms with E-state index < -0.39 is 6.89 Å². The zero-order valence-corrected chi connectivity index (χ0v) is 9.63. The molecule has 0 aromatic rings. The predicted molar refractivity (Wildman–Crippen MR) is 59.1 cm³/mol. The van der Waals surface area contributed by atoms with E-state index in [1.807, 2.05) is 0 Å². The molecule has 0 saturated heterocycles. The molecule has 1 heteroatoms. The molecule has 0 radical (unpaired) electrons. The third-order valence-electron chi connectivity index (χ3n) is 2.34. The van der Waals surface area contributed by atoms with Gasteiger partial charge in [-0.1, -0.05) is 37.9 Å². The zero-order chi connectivity index (χ0) is 9.23. The van der Waals surface area contributed by atoms with Crippen molar-refractivity contribution >= 4 is 13.2 Å². The second-order valence-electron chi connectivity index (χ2n) is 4.11. The largest absolute Gasteiger partial charge is 0.0974 e. The fourth-order valence-corrected chi connectivity index (χ4v) is 2.11. The topological polar surface area (TPSA) is 0 Å². The smallest absolute Gasteiger partial charge is 0.0257 e. The number of allylic oxidation sites excluding steroid dienone is 2. The van der Waals surface area contributed by atoms with Gasteiger partial charge in [0, 0.05) is 0 Å². The van der Waals surface area contributed by atoms with Crippen molar-refractivity contribution in [2.75, 3.05) is 13.3 Å². The van der Waals surface area contributed by atoms with Crippen molar-refractivity contribution < 1.29 is 0 Å². The minimum absolute atomic E-state index is 0.677. The Morgan fingerprint density at radius 3 is 1.64 bits per heavy atom. The van der Waals surface area contributed by atoms with Gasteiger partial charge in [0.25, 0.3) is 0 Å². The minimum Gasteiger partial charge on any atom is -0.0974 e. The first-order valence-corrected chi connectivity index (χ1v) is 7.00. The van der Waals surface area contributed by atoms with Crippen molar-refractivity contribution in [3.63, 3.8) is 0 Å². The van der Waals surface area contributed by atoms with E-state index >= 15 is 0 Å². The molecule has 0 aliphatic carbocycles. The van der Waals surface area contributed by atoms with Crippen molar-refractivity contribution in [3.8, 4) is 0 Å². The Morgan fingerprint density at radius 2 is 1.55 bits per heavy atom. The van der Waals surface area contributed by atoms with E-state index in [4.69, 9.17) is 0 Å². The van der Waals surface area contributed by atoms with E-state index in [0.29, 0.717) is 5.92 Å². The van der Waals surface area contributed by atoms with Crippen LogP contribution in [0.5, 0.6) is 0 Å². The summed E-state index contributed by atoms with van der Waals surface area (Å²) in [5.74, 6) is 0.677. The van der Waals surface area contributed by atoms with Gasteiger partial charge in [0.05, 0.1) is 0 Å². The van der Waals surface area contributed by atoms with Gasteiger partial charge in [0.1, 0.15) is 0 Å². The third-order valence-corrected chi connectivity index (χ3v) is 4.51. The Bertz CT molecular complexity index is 203. The summed E-state index contributed by atoms with van der Waals surface area (Å²) in [6, 6.07) is 0. The van der Waals surface area contributed by atoms with Crippen LogP contribution in [0.15, 0.2) is 10.9 Å². The average molecular weight is 172 g/mol. The molecule has 0 aliphatic rings. The molecule has 11 heavy (non-hydrogen) atoms. The van der Waals surface area contributed by atoms with Crippen LogP contribution in [0, 0.1) is 5.92 Å². The number of rotatable bonds is 2. The van der Waals surface area contributed by atoms with Crippen LogP contribution >= 0.6 is 6.89 Å². The van der Waals surface area contributed by atoms with E-state index in [-0.39, 0.29) is 0 Å². The fourth-order valence-electron chi connectivity index (χ4n) is 0.895. The lowest BCUT2D eigenvalue weighted by atomic mass is 10.1. The maximum absolute atomic E-state index is 4.23. The summed E-state index contributed by atoms with van der Waals surface area (Å²) in [6.07, 6.45) is 4.23. The Balaban J connectivity index is 4.83. The lowest BCUT2D eigenvalue weighted by molar-refractivity contribution is 0.764. The number of hydrogen-bond acceptors (Lipinski definition) is 0. The van der Waals surface area contributed by atoms with Crippen molar-refractivity contribution in [2.45, 2.75) is 27.7 Å². The van der Waals surface area contributed by atoms with Crippen LogP contribution in [0.25, 0.3) is 0 Å². The molecule has 0 aliphatic heterocycles. The van der Waals surface area contributed by atoms with Crippen molar-refractivity contribution in [1.29, 1.82) is 0 Å². The van der Waals surface area contributed by atoms with Crippen LogP contribution < -0.4 is 0 Å². The highest BCUT2D eigenvalue weighted by atomic mass is 31.2. The molecule has 0 aromatic heterocycles. The summed E-state index contributed by atoms with van der Waals surface area (Å²) >= 11 is 0. The maximum atomic E-state index is 4.23. The second-order valence-corrected chi connectivity index (χ2v) is 8.15. The molecule has 0 atom stereocenters. The molecule has 0 saturated carbocycles. The van der Waals surface area contributed by atoms with Gasteiger partial charge in [-0.15, -0.1) is 0 Å². The van der Waals surface area contributed by atoms with Gasteiger partial charge in [-0.05, 0) is 33.1 Å². The van der Waals surface area contributed by atoms with E-state index in [2.05, 4.69) is 47.3 Å². The molecule has 0 unspecified atom stereocenters. The van der Waals surface area contributed by atoms with Gasteiger partial charge in [0.2, 0.25) is 0 Å². The Labute approximate surface area is 71.7 Å². The van der Waals surface area contributed by atoms with E-state index in [0.717, 1.165) is 0 Å². The van der Waals surface area contributed by atoms with Gasteiger partial charge in [-0.2, -0.15) is 0 Å². The van der Waals surface area contributed by atoms with E-state index in [1.54, 1.807) is 0 Å². The molecular formula is C10H21P. The highest BCUT2D eigenvalue weighted by Crippen LogP contribution is 2.47. The molecule has 0 amide bonds. The summed E-state index contributed by atoms with van der Waals surface area (Å²) in [5, 5.41) is 1.53. The molecule has 0 spiro atoms. The maximum Gasteiger partial charge on any atom is -0.0257 e. The number of hydrogen-bond donors (Lipinski definition) is 0. The van der Waals surface area contributed by atoms with Crippen LogP contribution in [0.1, 0.15) is 27.7 Å². The Kier molecular flexibility index (Phi) is 3.64. The van der Waals surface area contributed by atoms with E-state index in [9.17, 15) is 0 Å². The molecular weight excluding hydrogens is 151 g/mol. The Morgan fingerprint density at radius 1 is 1.18 bits per heavy atom. The first-order chi connectivity index (χ1) is 4.76. The average Bonchev–Trinajstić information content (AvgIpc) is 1.82. The Hall–Kier alpha value is 0.0400. The lowest BCUT2D eigenvalue weighted by Gasteiger charge is -2.19. The van der Waals surface area contributed by atoms with Crippen molar-refractivity contribution in [3.05, 3.63) is 10.9 Å². The van der Waals surface area contributed by atoms with Crippen LogP contribution in [-0.2, 0) is 0 Å². The summed E-state index contributed by atoms with van der Waals surface area (Å²) in [4.78, 5) is 0. The van der Waals surface area contributed by atoms with E-state index in [1.165, 1.54) is 10.9 Å². The molecule has 66 valence electrons. The summed E-state index contributed by atoms with van der Waals surface area (Å²) in [5.41, 5.74) is 1.53. The van der Waals surface area contributed by atoms with Crippen LogP contribution in [0.2, 0.25) is 0 Å². The monoisotopic (exact) mass is 172 g/mol. The molecule has 0 bridgehead atoms. The summed E-state index contributed by atoms with van der Waals surface area (Å²) in [7, 11) is 0. The molecule has 0 rings (SSSR count). The van der Waals surface area contributed by atoms with Crippen molar-refractivity contribution in [2.24, 2.45) is 5.92 Å². The fraction of sp³-hybridized carbons (Fsp3) is 0.700. The first-order valence-electron chi connectivity index (χ1n) is 4.13. The van der Waals surface area contributed by atoms with Gasteiger partial charge >= 0.3 is 0 Å². The summed E-state index contributed by atoms with van der Waals surface area (Å²) in [6.45, 7) is 12.5. The highest BCUT2D eigenvalue weighted by molar-refractivity contribution is 7.76. The van der Waals surface area contributed by atoms with Gasteiger partial charge in [-0.25, -0.2) is 0 Å². The van der Waals surface area contributed by atoms with Crippen LogP contribution in [0.4, 0.5) is 0 Å². The van der Waals surface area contributed by atoms with Gasteiger partial charge in [0.15, 0.2) is 0 Å². The quantitative estimate of drug-likeness (QED) is 0.558. The highest BCUT2D eigenvalue weighted by Gasteiger charge is 2.07. The van der Waals surface area contributed by atoms with Crippen molar-refractivity contribution in [1.82, 2.24) is 0 Å². The summed E-state index contributed by atoms with van der Waals surface area (Å²) < 4.78 is 0. The molecule has 0 nitrogen and oxygen atoms in total. The van der Waals surface area contributed by atoms with Crippen LogP contribution in [-0.4, -0.2) is 19.6 Å².